The summed E-state index contributed by atoms with van der Waals surface area (Å²) in [5, 5.41) is 3.09. The van der Waals surface area contributed by atoms with Crippen LogP contribution in [0.15, 0.2) is 35.6 Å². The predicted octanol–water partition coefficient (Wildman–Crippen LogP) is 2.59. The molecule has 6 nitrogen and oxygen atoms in total. The van der Waals surface area contributed by atoms with Crippen LogP contribution in [-0.2, 0) is 16.0 Å². The summed E-state index contributed by atoms with van der Waals surface area (Å²) in [6.07, 6.45) is 4.35. The topological polar surface area (TPSA) is 76.5 Å². The van der Waals surface area contributed by atoms with Crippen molar-refractivity contribution in [2.75, 3.05) is 18.5 Å². The molecule has 0 saturated carbocycles. The van der Waals surface area contributed by atoms with Crippen LogP contribution in [0.25, 0.3) is 0 Å². The zero-order valence-electron chi connectivity index (χ0n) is 12.6. The van der Waals surface area contributed by atoms with Crippen molar-refractivity contribution < 1.29 is 13.9 Å². The molecule has 0 saturated heterocycles. The summed E-state index contributed by atoms with van der Waals surface area (Å²) in [6.45, 7) is 0.608. The van der Waals surface area contributed by atoms with E-state index in [0.717, 1.165) is 11.8 Å². The number of aldehydes is 1. The van der Waals surface area contributed by atoms with Crippen LogP contribution < -0.4 is 5.32 Å². The fraction of sp³-hybridized carbons (Fsp3) is 0.250. The molecule has 8 heteroatoms. The third-order valence-electron chi connectivity index (χ3n) is 3.45. The Bertz CT molecular complexity index is 784. The van der Waals surface area contributed by atoms with Gasteiger partial charge in [0.1, 0.15) is 24.0 Å². The molecule has 1 aromatic carbocycles. The second-order valence-corrected chi connectivity index (χ2v) is 5.53. The lowest BCUT2D eigenvalue weighted by Crippen LogP contribution is -2.27. The number of aliphatic imine (C=N–C) groups is 1. The highest BCUT2D eigenvalue weighted by Gasteiger charge is 2.22. The molecule has 1 atom stereocenters. The number of carbonyl (C=O) groups excluding carboxylic acids is 1. The Labute approximate surface area is 142 Å². The van der Waals surface area contributed by atoms with E-state index in [2.05, 4.69) is 20.3 Å². The zero-order valence-corrected chi connectivity index (χ0v) is 13.3. The molecule has 0 radical (unpaired) electrons. The summed E-state index contributed by atoms with van der Waals surface area (Å²) < 4.78 is 18.7. The number of halogens is 2. The molecule has 0 aliphatic carbocycles. The molecule has 1 unspecified atom stereocenters. The number of aromatic nitrogens is 2. The smallest absolute Gasteiger partial charge is 0.155 e. The molecule has 1 aliphatic heterocycles. The van der Waals surface area contributed by atoms with E-state index in [0.29, 0.717) is 30.4 Å². The highest BCUT2D eigenvalue weighted by atomic mass is 35.5. The normalized spacial score (nSPS) is 16.1. The summed E-state index contributed by atoms with van der Waals surface area (Å²) in [5.41, 5.74) is 1.37. The number of anilines is 1. The number of carbonyl (C=O) groups is 1. The minimum Gasteiger partial charge on any atom is -0.373 e. The Morgan fingerprint density at radius 2 is 2.17 bits per heavy atom. The third-order valence-corrected chi connectivity index (χ3v) is 3.74. The van der Waals surface area contributed by atoms with Gasteiger partial charge in [0.2, 0.25) is 0 Å². The molecule has 0 fully saturated rings. The highest BCUT2D eigenvalue weighted by molar-refractivity contribution is 6.30. The van der Waals surface area contributed by atoms with Crippen molar-refractivity contribution >= 4 is 29.5 Å². The van der Waals surface area contributed by atoms with E-state index in [1.165, 1.54) is 18.5 Å². The van der Waals surface area contributed by atoms with Gasteiger partial charge in [-0.05, 0) is 24.1 Å². The first-order valence-electron chi connectivity index (χ1n) is 7.29. The molecule has 2 heterocycles. The number of nitrogens with one attached hydrogen (secondary N) is 1. The molecular weight excluding hydrogens is 335 g/mol. The number of hydrogen-bond acceptors (Lipinski definition) is 6. The Balaban J connectivity index is 1.54. The number of ether oxygens (including phenoxy) is 1. The van der Waals surface area contributed by atoms with Gasteiger partial charge >= 0.3 is 0 Å². The second-order valence-electron chi connectivity index (χ2n) is 5.12. The van der Waals surface area contributed by atoms with E-state index in [-0.39, 0.29) is 11.6 Å². The summed E-state index contributed by atoms with van der Waals surface area (Å²) >= 11 is 5.74. The van der Waals surface area contributed by atoms with Gasteiger partial charge in [-0.1, -0.05) is 17.7 Å². The second kappa shape index (κ2) is 7.46. The Morgan fingerprint density at radius 3 is 2.96 bits per heavy atom. The average molecular weight is 349 g/mol. The van der Waals surface area contributed by atoms with Crippen molar-refractivity contribution in [2.45, 2.75) is 12.5 Å². The van der Waals surface area contributed by atoms with Gasteiger partial charge in [0.05, 0.1) is 11.6 Å². The average Bonchev–Trinajstić information content (AvgIpc) is 2.61. The van der Waals surface area contributed by atoms with E-state index in [9.17, 15) is 9.18 Å². The first kappa shape index (κ1) is 16.5. The zero-order chi connectivity index (χ0) is 16.9. The molecular formula is C16H14ClFN4O2. The van der Waals surface area contributed by atoms with E-state index in [1.807, 2.05) is 0 Å². The van der Waals surface area contributed by atoms with Crippen molar-refractivity contribution in [3.8, 4) is 0 Å². The van der Waals surface area contributed by atoms with Gasteiger partial charge in [-0.25, -0.2) is 9.37 Å². The summed E-state index contributed by atoms with van der Waals surface area (Å²) in [5.74, 6) is 0.576. The maximum atomic E-state index is 13.1. The van der Waals surface area contributed by atoms with Gasteiger partial charge in [-0.3, -0.25) is 9.98 Å². The van der Waals surface area contributed by atoms with Crippen LogP contribution in [0.4, 0.5) is 10.2 Å². The van der Waals surface area contributed by atoms with Crippen LogP contribution in [0.2, 0.25) is 5.02 Å². The van der Waals surface area contributed by atoms with Gasteiger partial charge in [-0.2, -0.15) is 0 Å². The Morgan fingerprint density at radius 1 is 1.33 bits per heavy atom. The van der Waals surface area contributed by atoms with Crippen molar-refractivity contribution in [3.63, 3.8) is 0 Å². The predicted molar refractivity (Wildman–Crippen MR) is 87.8 cm³/mol. The lowest BCUT2D eigenvalue weighted by atomic mass is 10.1. The number of fused-ring (bicyclic) bond motifs is 1. The lowest BCUT2D eigenvalue weighted by molar-refractivity contribution is -0.109. The van der Waals surface area contributed by atoms with E-state index < -0.39 is 11.9 Å². The standard InChI is InChI=1S/C16H14ClFN4O2/c17-11-7-10(1-2-12(11)18)3-6-24-9-14-21-13(8-23)15-16(22-14)20-5-4-19-15/h1-2,4-5,7-8,13H,3,6,9H2,(H,20,21,22). The van der Waals surface area contributed by atoms with Crippen molar-refractivity contribution in [2.24, 2.45) is 4.99 Å². The van der Waals surface area contributed by atoms with Crippen LogP contribution in [0, 0.1) is 5.82 Å². The highest BCUT2D eigenvalue weighted by Crippen LogP contribution is 2.24. The number of benzene rings is 1. The molecule has 1 aromatic heterocycles. The fourth-order valence-electron chi connectivity index (χ4n) is 2.28. The van der Waals surface area contributed by atoms with Gasteiger partial charge in [0, 0.05) is 12.4 Å². The lowest BCUT2D eigenvalue weighted by Gasteiger charge is -2.20. The van der Waals surface area contributed by atoms with Crippen molar-refractivity contribution in [3.05, 3.63) is 52.7 Å². The first-order chi connectivity index (χ1) is 11.7. The van der Waals surface area contributed by atoms with E-state index in [1.54, 1.807) is 12.1 Å². The van der Waals surface area contributed by atoms with Crippen LogP contribution in [0.5, 0.6) is 0 Å². The largest absolute Gasteiger partial charge is 0.373 e. The monoisotopic (exact) mass is 348 g/mol. The number of amidine groups is 1. The van der Waals surface area contributed by atoms with Gasteiger partial charge in [-0.15, -0.1) is 0 Å². The third kappa shape index (κ3) is 3.74. The molecule has 124 valence electrons. The molecule has 3 rings (SSSR count). The number of rotatable bonds is 6. The summed E-state index contributed by atoms with van der Waals surface area (Å²) in [6, 6.07) is 3.89. The quantitative estimate of drug-likeness (QED) is 0.641. The first-order valence-corrected chi connectivity index (χ1v) is 7.66. The molecule has 1 aliphatic rings. The van der Waals surface area contributed by atoms with Gasteiger partial charge < -0.3 is 14.8 Å². The van der Waals surface area contributed by atoms with Crippen molar-refractivity contribution in [1.29, 1.82) is 0 Å². The summed E-state index contributed by atoms with van der Waals surface area (Å²) in [4.78, 5) is 23.7. The SMILES string of the molecule is O=CC1N=C(COCCc2ccc(F)c(Cl)c2)Nc2nccnc21. The summed E-state index contributed by atoms with van der Waals surface area (Å²) in [7, 11) is 0. The minimum atomic E-state index is -0.676. The number of hydrogen-bond donors (Lipinski definition) is 1. The van der Waals surface area contributed by atoms with Crippen LogP contribution in [0.3, 0.4) is 0 Å². The van der Waals surface area contributed by atoms with E-state index >= 15 is 0 Å². The molecule has 0 bridgehead atoms. The fourth-order valence-corrected chi connectivity index (χ4v) is 2.48. The van der Waals surface area contributed by atoms with Gasteiger partial charge in [0.15, 0.2) is 18.1 Å². The van der Waals surface area contributed by atoms with Crippen LogP contribution >= 0.6 is 11.6 Å². The molecule has 1 N–H and O–H groups in total. The minimum absolute atomic E-state index is 0.0924. The van der Waals surface area contributed by atoms with Crippen molar-refractivity contribution in [1.82, 2.24) is 9.97 Å². The van der Waals surface area contributed by atoms with Crippen LogP contribution in [-0.4, -0.2) is 35.3 Å². The molecule has 0 spiro atoms. The molecule has 2 aromatic rings. The molecule has 24 heavy (non-hydrogen) atoms. The Kier molecular flexibility index (Phi) is 5.12. The van der Waals surface area contributed by atoms with Gasteiger partial charge in [0.25, 0.3) is 0 Å². The van der Waals surface area contributed by atoms with Crippen LogP contribution in [0.1, 0.15) is 17.3 Å². The Hall–Kier alpha value is -2.38. The maximum absolute atomic E-state index is 13.1. The van der Waals surface area contributed by atoms with E-state index in [4.69, 9.17) is 16.3 Å². The molecule has 0 amide bonds. The maximum Gasteiger partial charge on any atom is 0.155 e. The number of nitrogens with zero attached hydrogens (tertiary/aromatic N) is 3.